The smallest absolute Gasteiger partial charge is 0.311 e. The number of nitro groups is 1. The molecule has 0 aromatic carbocycles. The molecule has 0 aliphatic heterocycles. The van der Waals surface area contributed by atoms with Gasteiger partial charge in [-0.2, -0.15) is 0 Å². The average Bonchev–Trinajstić information content (AvgIpc) is 2.38. The lowest BCUT2D eigenvalue weighted by atomic mass is 10.3. The lowest BCUT2D eigenvalue weighted by Gasteiger charge is -2.19. The van der Waals surface area contributed by atoms with Crippen molar-refractivity contribution in [3.8, 4) is 0 Å². The van der Waals surface area contributed by atoms with Gasteiger partial charge in [-0.05, 0) is 26.8 Å². The molecule has 0 radical (unpaired) electrons. The highest BCUT2D eigenvalue weighted by Gasteiger charge is 2.19. The molecule has 0 aliphatic rings. The van der Waals surface area contributed by atoms with E-state index in [9.17, 15) is 10.1 Å². The Bertz CT molecular complexity index is 451. The molecule has 1 aromatic heterocycles. The third-order valence-corrected chi connectivity index (χ3v) is 2.65. The van der Waals surface area contributed by atoms with Crippen LogP contribution < -0.4 is 10.2 Å². The normalized spacial score (nSPS) is 10.7. The fraction of sp³-hybridized carbons (Fsp3) is 0.615. The Hall–Kier alpha value is -1.89. The zero-order valence-electron chi connectivity index (χ0n) is 12.4. The van der Waals surface area contributed by atoms with Crippen LogP contribution in [0.25, 0.3) is 0 Å². The molecular weight excluding hydrogens is 260 g/mol. The number of rotatable bonds is 8. The van der Waals surface area contributed by atoms with Crippen LogP contribution in [0.5, 0.6) is 0 Å². The fourth-order valence-corrected chi connectivity index (χ4v) is 1.68. The first-order valence-electron chi connectivity index (χ1n) is 6.67. The van der Waals surface area contributed by atoms with E-state index in [4.69, 9.17) is 4.74 Å². The molecule has 0 saturated carbocycles. The number of hydrogen-bond acceptors (Lipinski definition) is 6. The molecule has 0 unspecified atom stereocenters. The monoisotopic (exact) mass is 282 g/mol. The summed E-state index contributed by atoms with van der Waals surface area (Å²) in [6.45, 7) is 7.60. The molecule has 0 atom stereocenters. The second-order valence-corrected chi connectivity index (χ2v) is 4.67. The third-order valence-electron chi connectivity index (χ3n) is 2.65. The van der Waals surface area contributed by atoms with Gasteiger partial charge in [0.2, 0.25) is 5.82 Å². The van der Waals surface area contributed by atoms with E-state index in [1.54, 1.807) is 18.0 Å². The minimum absolute atomic E-state index is 0.00120. The Morgan fingerprint density at radius 3 is 2.75 bits per heavy atom. The van der Waals surface area contributed by atoms with Crippen LogP contribution >= 0.6 is 0 Å². The lowest BCUT2D eigenvalue weighted by Crippen LogP contribution is -2.25. The van der Waals surface area contributed by atoms with Crippen molar-refractivity contribution < 1.29 is 9.66 Å². The van der Waals surface area contributed by atoms with E-state index in [1.807, 2.05) is 20.8 Å². The first kappa shape index (κ1) is 16.2. The van der Waals surface area contributed by atoms with Crippen LogP contribution in [0.3, 0.4) is 0 Å². The van der Waals surface area contributed by atoms with Crippen LogP contribution in [0.2, 0.25) is 0 Å². The Balaban J connectivity index is 2.87. The summed E-state index contributed by atoms with van der Waals surface area (Å²) >= 11 is 0. The number of likely N-dealkylation sites (N-methyl/N-ethyl adjacent to an activating group) is 1. The molecule has 1 N–H and O–H groups in total. The van der Waals surface area contributed by atoms with Crippen molar-refractivity contribution in [2.75, 3.05) is 37.0 Å². The summed E-state index contributed by atoms with van der Waals surface area (Å²) in [6, 6.07) is 3.09. The molecule has 0 aliphatic carbocycles. The summed E-state index contributed by atoms with van der Waals surface area (Å²) in [5.74, 6) is 0.977. The largest absolute Gasteiger partial charge is 0.377 e. The van der Waals surface area contributed by atoms with Gasteiger partial charge in [0.1, 0.15) is 5.82 Å². The average molecular weight is 282 g/mol. The van der Waals surface area contributed by atoms with Crippen molar-refractivity contribution in [3.05, 3.63) is 22.2 Å². The number of hydrogen-bond donors (Lipinski definition) is 1. The Labute approximate surface area is 119 Å². The summed E-state index contributed by atoms with van der Waals surface area (Å²) in [5.41, 5.74) is -0.00120. The number of ether oxygens (including phenoxy) is 1. The van der Waals surface area contributed by atoms with Crippen molar-refractivity contribution in [2.24, 2.45) is 0 Å². The predicted molar refractivity (Wildman–Crippen MR) is 79.4 cm³/mol. The highest BCUT2D eigenvalue weighted by atomic mass is 16.6. The van der Waals surface area contributed by atoms with Crippen LogP contribution in [-0.4, -0.2) is 42.8 Å². The SMILES string of the molecule is CCNc1ccc([N+](=O)[O-])c(N(C)CCOC(C)C)n1. The highest BCUT2D eigenvalue weighted by molar-refractivity contribution is 5.61. The maximum Gasteiger partial charge on any atom is 0.311 e. The minimum atomic E-state index is -0.419. The number of nitrogens with zero attached hydrogens (tertiary/aromatic N) is 3. The summed E-state index contributed by atoms with van der Waals surface area (Å²) in [5, 5.41) is 14.1. The van der Waals surface area contributed by atoms with Gasteiger partial charge >= 0.3 is 5.69 Å². The summed E-state index contributed by atoms with van der Waals surface area (Å²) in [7, 11) is 1.77. The van der Waals surface area contributed by atoms with Gasteiger partial charge < -0.3 is 15.0 Å². The molecule has 7 nitrogen and oxygen atoms in total. The third kappa shape index (κ3) is 4.65. The number of anilines is 2. The standard InChI is InChI=1S/C13H22N4O3/c1-5-14-12-7-6-11(17(18)19)13(15-12)16(4)8-9-20-10(2)3/h6-7,10H,5,8-9H2,1-4H3,(H,14,15). The van der Waals surface area contributed by atoms with Gasteiger partial charge in [0.15, 0.2) is 0 Å². The van der Waals surface area contributed by atoms with Gasteiger partial charge in [-0.3, -0.25) is 10.1 Å². The molecule has 0 amide bonds. The van der Waals surface area contributed by atoms with Crippen LogP contribution in [0.4, 0.5) is 17.3 Å². The maximum absolute atomic E-state index is 11.1. The Morgan fingerprint density at radius 1 is 1.50 bits per heavy atom. The van der Waals surface area contributed by atoms with Gasteiger partial charge in [-0.25, -0.2) is 4.98 Å². The number of pyridine rings is 1. The minimum Gasteiger partial charge on any atom is -0.377 e. The first-order valence-corrected chi connectivity index (χ1v) is 6.67. The van der Waals surface area contributed by atoms with Crippen molar-refractivity contribution in [2.45, 2.75) is 26.9 Å². The molecule has 1 aromatic rings. The van der Waals surface area contributed by atoms with Crippen molar-refractivity contribution in [3.63, 3.8) is 0 Å². The van der Waals surface area contributed by atoms with Gasteiger partial charge in [0.05, 0.1) is 17.6 Å². The summed E-state index contributed by atoms with van der Waals surface area (Å²) in [6.07, 6.45) is 0.138. The van der Waals surface area contributed by atoms with Crippen molar-refractivity contribution in [1.82, 2.24) is 4.98 Å². The first-order chi connectivity index (χ1) is 9.45. The molecule has 7 heteroatoms. The predicted octanol–water partition coefficient (Wildman–Crippen LogP) is 2.28. The molecule has 1 rings (SSSR count). The second-order valence-electron chi connectivity index (χ2n) is 4.67. The molecular formula is C13H22N4O3. The van der Waals surface area contributed by atoms with Gasteiger partial charge in [-0.1, -0.05) is 0 Å². The fourth-order valence-electron chi connectivity index (χ4n) is 1.68. The zero-order valence-corrected chi connectivity index (χ0v) is 12.4. The van der Waals surface area contributed by atoms with Crippen LogP contribution in [0, 0.1) is 10.1 Å². The molecule has 0 saturated heterocycles. The van der Waals surface area contributed by atoms with Gasteiger partial charge in [0, 0.05) is 26.2 Å². The van der Waals surface area contributed by atoms with Gasteiger partial charge in [0.25, 0.3) is 0 Å². The molecule has 20 heavy (non-hydrogen) atoms. The molecule has 1 heterocycles. The molecule has 0 fully saturated rings. The summed E-state index contributed by atoms with van der Waals surface area (Å²) < 4.78 is 5.46. The highest BCUT2D eigenvalue weighted by Crippen LogP contribution is 2.26. The van der Waals surface area contributed by atoms with Crippen LogP contribution in [0.1, 0.15) is 20.8 Å². The van der Waals surface area contributed by atoms with E-state index in [0.717, 1.165) is 0 Å². The van der Waals surface area contributed by atoms with Crippen molar-refractivity contribution in [1.29, 1.82) is 0 Å². The van der Waals surface area contributed by atoms with E-state index < -0.39 is 4.92 Å². The maximum atomic E-state index is 11.1. The molecule has 0 spiro atoms. The van der Waals surface area contributed by atoms with Crippen LogP contribution in [0.15, 0.2) is 12.1 Å². The molecule has 0 bridgehead atoms. The van der Waals surface area contributed by atoms with E-state index in [-0.39, 0.29) is 11.8 Å². The number of aromatic nitrogens is 1. The summed E-state index contributed by atoms with van der Waals surface area (Å²) in [4.78, 5) is 16.7. The lowest BCUT2D eigenvalue weighted by molar-refractivity contribution is -0.384. The zero-order chi connectivity index (χ0) is 15.1. The Morgan fingerprint density at radius 2 is 2.20 bits per heavy atom. The Kier molecular flexibility index (Phi) is 6.17. The second kappa shape index (κ2) is 7.64. The van der Waals surface area contributed by atoms with E-state index in [2.05, 4.69) is 10.3 Å². The molecule has 112 valence electrons. The quantitative estimate of drug-likeness (QED) is 0.582. The van der Waals surface area contributed by atoms with Crippen LogP contribution in [-0.2, 0) is 4.74 Å². The van der Waals surface area contributed by atoms with Gasteiger partial charge in [-0.15, -0.1) is 0 Å². The van der Waals surface area contributed by atoms with E-state index in [1.165, 1.54) is 6.07 Å². The van der Waals surface area contributed by atoms with Crippen molar-refractivity contribution >= 4 is 17.3 Å². The van der Waals surface area contributed by atoms with E-state index in [0.29, 0.717) is 31.3 Å². The topological polar surface area (TPSA) is 80.5 Å². The number of nitrogens with one attached hydrogen (secondary N) is 1. The van der Waals surface area contributed by atoms with E-state index >= 15 is 0 Å².